The monoisotopic (exact) mass is 408 g/mol. The molecule has 0 bridgehead atoms. The zero-order valence-corrected chi connectivity index (χ0v) is 16.3. The number of likely N-dealkylation sites (tertiary alicyclic amines) is 1. The molecule has 0 aromatic carbocycles. The lowest BCUT2D eigenvalue weighted by Crippen LogP contribution is -2.59. The van der Waals surface area contributed by atoms with Crippen molar-refractivity contribution in [3.8, 4) is 11.3 Å². The predicted octanol–water partition coefficient (Wildman–Crippen LogP) is 2.29. The zero-order chi connectivity index (χ0) is 20.5. The van der Waals surface area contributed by atoms with Crippen molar-refractivity contribution in [2.75, 3.05) is 31.6 Å². The standard InChI is InChI=1S/C19H23F3N6O/c1-10-14(29)9-27(10)18-24-16(12-5-23-28(6-12)13-7-26(2)8-13)15(11-3-4-11)17(25-18)19(20,21)22/h5-6,10-11,13-14,29H,3-4,7-9H2,1-2H3/t10-,14+/m0/s1. The molecule has 29 heavy (non-hydrogen) atoms. The number of alkyl halides is 3. The maximum absolute atomic E-state index is 13.9. The summed E-state index contributed by atoms with van der Waals surface area (Å²) >= 11 is 0. The van der Waals surface area contributed by atoms with Crippen LogP contribution in [0.2, 0.25) is 0 Å². The summed E-state index contributed by atoms with van der Waals surface area (Å²) in [5, 5.41) is 14.2. The lowest BCUT2D eigenvalue weighted by atomic mass is 10.0. The van der Waals surface area contributed by atoms with Crippen molar-refractivity contribution in [2.45, 2.75) is 50.0 Å². The molecule has 10 heteroatoms. The molecule has 2 aliphatic heterocycles. The first-order chi connectivity index (χ1) is 13.7. The summed E-state index contributed by atoms with van der Waals surface area (Å²) in [6, 6.07) is -0.0870. The Balaban J connectivity index is 1.61. The van der Waals surface area contributed by atoms with E-state index in [1.54, 1.807) is 24.2 Å². The van der Waals surface area contributed by atoms with Gasteiger partial charge in [0.2, 0.25) is 5.95 Å². The van der Waals surface area contributed by atoms with E-state index in [9.17, 15) is 18.3 Å². The van der Waals surface area contributed by atoms with Gasteiger partial charge in [0, 0.05) is 37.0 Å². The maximum atomic E-state index is 13.9. The van der Waals surface area contributed by atoms with Crippen LogP contribution in [0.5, 0.6) is 0 Å². The SMILES string of the molecule is C[C@H]1[C@H](O)CN1c1nc(-c2cnn(C3CN(C)C3)c2)c(C2CC2)c(C(F)(F)F)n1. The van der Waals surface area contributed by atoms with Crippen LogP contribution in [0.1, 0.15) is 43.0 Å². The molecule has 0 spiro atoms. The fourth-order valence-corrected chi connectivity index (χ4v) is 4.13. The molecule has 2 aromatic heterocycles. The van der Waals surface area contributed by atoms with E-state index in [0.717, 1.165) is 13.1 Å². The van der Waals surface area contributed by atoms with Gasteiger partial charge in [0.15, 0.2) is 5.69 Å². The van der Waals surface area contributed by atoms with Gasteiger partial charge in [-0.1, -0.05) is 0 Å². The van der Waals surface area contributed by atoms with E-state index in [1.165, 1.54) is 0 Å². The van der Waals surface area contributed by atoms with Gasteiger partial charge in [0.1, 0.15) is 0 Å². The first-order valence-corrected chi connectivity index (χ1v) is 9.89. The van der Waals surface area contributed by atoms with Crippen LogP contribution >= 0.6 is 0 Å². The quantitative estimate of drug-likeness (QED) is 0.837. The molecule has 4 heterocycles. The second-order valence-corrected chi connectivity index (χ2v) is 8.45. The minimum atomic E-state index is -4.57. The molecule has 1 N–H and O–H groups in total. The Morgan fingerprint density at radius 2 is 1.86 bits per heavy atom. The van der Waals surface area contributed by atoms with Crippen molar-refractivity contribution < 1.29 is 18.3 Å². The maximum Gasteiger partial charge on any atom is 0.433 e. The molecule has 5 rings (SSSR count). The second kappa shape index (κ2) is 6.40. The third-order valence-electron chi connectivity index (χ3n) is 6.17. The Hall–Kier alpha value is -2.20. The number of likely N-dealkylation sites (N-methyl/N-ethyl adjacent to an activating group) is 1. The number of aliphatic hydroxyl groups excluding tert-OH is 1. The number of aromatic nitrogens is 4. The molecule has 1 saturated carbocycles. The number of aliphatic hydroxyl groups is 1. The highest BCUT2D eigenvalue weighted by Crippen LogP contribution is 2.49. The lowest BCUT2D eigenvalue weighted by molar-refractivity contribution is -0.141. The van der Waals surface area contributed by atoms with Crippen LogP contribution in [-0.2, 0) is 6.18 Å². The van der Waals surface area contributed by atoms with Gasteiger partial charge in [-0.3, -0.25) is 4.68 Å². The van der Waals surface area contributed by atoms with Crippen molar-refractivity contribution >= 4 is 5.95 Å². The average molecular weight is 408 g/mol. The number of hydrogen-bond donors (Lipinski definition) is 1. The van der Waals surface area contributed by atoms with E-state index < -0.39 is 18.0 Å². The smallest absolute Gasteiger partial charge is 0.389 e. The molecule has 0 unspecified atom stereocenters. The number of β-amino-alcohol motifs (C(OH)–C–C–N with tert-alkyl or cyclic N) is 1. The van der Waals surface area contributed by atoms with E-state index in [1.807, 2.05) is 11.7 Å². The molecule has 2 saturated heterocycles. The molecular weight excluding hydrogens is 385 g/mol. The molecule has 2 atom stereocenters. The normalized spacial score (nSPS) is 25.8. The van der Waals surface area contributed by atoms with Gasteiger partial charge in [-0.05, 0) is 32.7 Å². The number of nitrogens with zero attached hydrogens (tertiary/aromatic N) is 6. The van der Waals surface area contributed by atoms with Gasteiger partial charge in [0.25, 0.3) is 0 Å². The first-order valence-electron chi connectivity index (χ1n) is 9.89. The third-order valence-corrected chi connectivity index (χ3v) is 6.17. The Bertz CT molecular complexity index is 935. The molecule has 2 aromatic rings. The zero-order valence-electron chi connectivity index (χ0n) is 16.3. The van der Waals surface area contributed by atoms with Crippen molar-refractivity contribution in [3.05, 3.63) is 23.7 Å². The highest BCUT2D eigenvalue weighted by atomic mass is 19.4. The summed E-state index contributed by atoms with van der Waals surface area (Å²) in [7, 11) is 2.01. The Labute approximate surface area is 166 Å². The summed E-state index contributed by atoms with van der Waals surface area (Å²) < 4.78 is 43.6. The minimum absolute atomic E-state index is 0.0191. The van der Waals surface area contributed by atoms with Crippen LogP contribution < -0.4 is 4.90 Å². The summed E-state index contributed by atoms with van der Waals surface area (Å²) in [6.45, 7) is 3.71. The highest BCUT2D eigenvalue weighted by molar-refractivity contribution is 5.66. The van der Waals surface area contributed by atoms with Gasteiger partial charge < -0.3 is 14.9 Å². The van der Waals surface area contributed by atoms with Gasteiger partial charge in [-0.15, -0.1) is 0 Å². The van der Waals surface area contributed by atoms with Crippen LogP contribution in [-0.4, -0.2) is 68.6 Å². The fraction of sp³-hybridized carbons (Fsp3) is 0.632. The molecule has 156 valence electrons. The molecule has 3 aliphatic rings. The van der Waals surface area contributed by atoms with Crippen molar-refractivity contribution in [1.82, 2.24) is 24.6 Å². The van der Waals surface area contributed by atoms with Crippen LogP contribution in [0.3, 0.4) is 0 Å². The van der Waals surface area contributed by atoms with E-state index in [4.69, 9.17) is 0 Å². The number of halogens is 3. The molecule has 0 radical (unpaired) electrons. The van der Waals surface area contributed by atoms with E-state index >= 15 is 0 Å². The van der Waals surface area contributed by atoms with Crippen molar-refractivity contribution in [1.29, 1.82) is 0 Å². The first kappa shape index (κ1) is 18.8. The van der Waals surface area contributed by atoms with Crippen molar-refractivity contribution in [3.63, 3.8) is 0 Å². The van der Waals surface area contributed by atoms with Crippen molar-refractivity contribution in [2.24, 2.45) is 0 Å². The number of hydrogen-bond acceptors (Lipinski definition) is 6. The lowest BCUT2D eigenvalue weighted by Gasteiger charge is -2.43. The number of rotatable bonds is 4. The van der Waals surface area contributed by atoms with E-state index in [-0.39, 0.29) is 36.1 Å². The highest BCUT2D eigenvalue weighted by Gasteiger charge is 2.45. The van der Waals surface area contributed by atoms with Crippen LogP contribution in [0.4, 0.5) is 19.1 Å². The molecule has 7 nitrogen and oxygen atoms in total. The largest absolute Gasteiger partial charge is 0.433 e. The van der Waals surface area contributed by atoms with Crippen LogP contribution in [0.15, 0.2) is 12.4 Å². The third kappa shape index (κ3) is 3.18. The topological polar surface area (TPSA) is 70.3 Å². The summed E-state index contributed by atoms with van der Waals surface area (Å²) in [5.74, 6) is -0.154. The van der Waals surface area contributed by atoms with Gasteiger partial charge in [0.05, 0.1) is 30.1 Å². The summed E-state index contributed by atoms with van der Waals surface area (Å²) in [6.07, 6.45) is -0.338. The van der Waals surface area contributed by atoms with Crippen LogP contribution in [0, 0.1) is 0 Å². The Morgan fingerprint density at radius 1 is 1.14 bits per heavy atom. The second-order valence-electron chi connectivity index (χ2n) is 8.45. The van der Waals surface area contributed by atoms with Gasteiger partial charge in [-0.25, -0.2) is 9.97 Å². The van der Waals surface area contributed by atoms with Gasteiger partial charge >= 0.3 is 6.18 Å². The Kier molecular flexibility index (Phi) is 4.15. The summed E-state index contributed by atoms with van der Waals surface area (Å²) in [4.78, 5) is 12.3. The molecule has 3 fully saturated rings. The predicted molar refractivity (Wildman–Crippen MR) is 99.6 cm³/mol. The minimum Gasteiger partial charge on any atom is -0.389 e. The molecule has 1 aliphatic carbocycles. The van der Waals surface area contributed by atoms with Crippen LogP contribution in [0.25, 0.3) is 11.3 Å². The summed E-state index contributed by atoms with van der Waals surface area (Å²) in [5.41, 5.74) is 0.228. The Morgan fingerprint density at radius 3 is 2.41 bits per heavy atom. The fourth-order valence-electron chi connectivity index (χ4n) is 4.13. The van der Waals surface area contributed by atoms with Gasteiger partial charge in [-0.2, -0.15) is 18.3 Å². The average Bonchev–Trinajstić information content (AvgIpc) is 3.38. The van der Waals surface area contributed by atoms with E-state index in [0.29, 0.717) is 24.1 Å². The molecule has 0 amide bonds. The molecular formula is C19H23F3N6O. The van der Waals surface area contributed by atoms with E-state index in [2.05, 4.69) is 20.0 Å². The number of anilines is 1.